The summed E-state index contributed by atoms with van der Waals surface area (Å²) in [6, 6.07) is 15.4. The molecule has 13 nitrogen and oxygen atoms in total. The summed E-state index contributed by atoms with van der Waals surface area (Å²) in [5.41, 5.74) is 3.72. The predicted octanol–water partition coefficient (Wildman–Crippen LogP) is 10.4. The fraction of sp³-hybridized carbons (Fsp3) is 0.661. The second-order valence-corrected chi connectivity index (χ2v) is 24.3. The van der Waals surface area contributed by atoms with Gasteiger partial charge in [0.05, 0.1) is 57.1 Å². The average Bonchev–Trinajstić information content (AvgIpc) is 3.70. The minimum atomic E-state index is -0.344. The lowest BCUT2D eigenvalue weighted by Crippen LogP contribution is -2.38. The van der Waals surface area contributed by atoms with E-state index >= 15 is 0 Å². The molecule has 0 radical (unpaired) electrons. The number of amides is 5. The van der Waals surface area contributed by atoms with Crippen LogP contribution in [0.1, 0.15) is 165 Å². The summed E-state index contributed by atoms with van der Waals surface area (Å²) in [7, 11) is 0. The number of fused-ring (bicyclic) bond motifs is 10. The number of rotatable bonds is 20. The van der Waals surface area contributed by atoms with Crippen LogP contribution >= 0.6 is 12.0 Å². The topological polar surface area (TPSA) is 153 Å². The van der Waals surface area contributed by atoms with E-state index in [2.05, 4.69) is 34.6 Å². The van der Waals surface area contributed by atoms with Crippen molar-refractivity contribution in [2.24, 2.45) is 46.8 Å². The SMILES string of the molecule is CCOOCCC1CCCCCCC2(CCC3C4C=CC3C3C(=O)N(CCC(=O)NCCOCCC(=O)NCCC(=O)N5Cc6ccccc6C#Cc6ccccc65)C(=O)C43)CCCCCCC3(COS2)CC3CCC1. The second kappa shape index (κ2) is 27.4. The number of nitrogens with zero attached hydrogens (tertiary/aromatic N) is 2. The highest BCUT2D eigenvalue weighted by molar-refractivity contribution is 7.96. The molecular weight excluding hydrogens is 977 g/mol. The Morgan fingerprint density at radius 3 is 2.20 bits per heavy atom. The summed E-state index contributed by atoms with van der Waals surface area (Å²) >= 11 is 1.82. The molecule has 0 aromatic heterocycles. The first-order valence-electron chi connectivity index (χ1n) is 29.4. The molecule has 2 saturated carbocycles. The summed E-state index contributed by atoms with van der Waals surface area (Å²) in [5.74, 6) is 6.74. The van der Waals surface area contributed by atoms with Crippen LogP contribution < -0.4 is 15.5 Å². The van der Waals surface area contributed by atoms with Crippen LogP contribution in [0.4, 0.5) is 5.69 Å². The molecule has 8 unspecified atom stereocenters. The Bertz CT molecular complexity index is 2390. The zero-order valence-electron chi connectivity index (χ0n) is 45.2. The van der Waals surface area contributed by atoms with Gasteiger partial charge in [-0.1, -0.05) is 125 Å². The number of anilines is 1. The van der Waals surface area contributed by atoms with E-state index in [0.29, 0.717) is 31.1 Å². The molecule has 3 saturated heterocycles. The number of benzene rings is 2. The highest BCUT2D eigenvalue weighted by Crippen LogP contribution is 2.61. The number of carbonyl (C=O) groups excluding carboxylic acids is 5. The molecule has 2 N–H and O–H groups in total. The first kappa shape index (κ1) is 56.2. The van der Waals surface area contributed by atoms with Crippen LogP contribution in [0.5, 0.6) is 0 Å². The Labute approximate surface area is 456 Å². The van der Waals surface area contributed by atoms with Crippen LogP contribution in [0, 0.1) is 58.7 Å². The molecule has 3 aliphatic carbocycles. The van der Waals surface area contributed by atoms with Crippen molar-refractivity contribution >= 4 is 47.3 Å². The largest absolute Gasteiger partial charge is 0.379 e. The Morgan fingerprint density at radius 1 is 0.724 bits per heavy atom. The van der Waals surface area contributed by atoms with Crippen molar-refractivity contribution in [1.29, 1.82) is 0 Å². The number of hydrogen-bond acceptors (Lipinski definition) is 10. The van der Waals surface area contributed by atoms with Crippen molar-refractivity contribution in [2.75, 3.05) is 57.6 Å². The van der Waals surface area contributed by atoms with Crippen molar-refractivity contribution < 1.29 is 42.7 Å². The summed E-state index contributed by atoms with van der Waals surface area (Å²) in [5, 5.41) is 5.67. The lowest BCUT2D eigenvalue weighted by atomic mass is 9.82. The fourth-order valence-corrected chi connectivity index (χ4v) is 15.1. The number of carbonyl (C=O) groups is 5. The van der Waals surface area contributed by atoms with Gasteiger partial charge in [-0.3, -0.25) is 28.9 Å². The Morgan fingerprint density at radius 2 is 1.41 bits per heavy atom. The Balaban J connectivity index is 0.687. The molecule has 2 aromatic rings. The molecule has 2 aromatic carbocycles. The van der Waals surface area contributed by atoms with Crippen molar-refractivity contribution in [1.82, 2.24) is 15.5 Å². The maximum Gasteiger partial charge on any atom is 0.233 e. The Kier molecular flexibility index (Phi) is 20.2. The van der Waals surface area contributed by atoms with Crippen LogP contribution in [0.15, 0.2) is 60.7 Å². The standard InChI is InChI=1S/C62H84N4O9S/c1-2-73-74-40-30-45-16-7-3-4-13-33-62(34-14-6-5-12-32-61(44-75-76-62)42-49(61)21-15-17-45)35-27-50-51-25-26-52(50)58-57(51)59(70)65(60(58)71)38-29-54(67)64-37-41-72-39-31-55(68)63-36-28-56(69)66-43-48-20-9-8-18-46(48)23-24-47-19-10-11-22-53(47)66/h8-11,18-20,22,25-26,45,49-52,57-58H,2-7,12-17,21,27-44H2,1H3,(H,63,68)(H,64,67). The molecule has 14 heteroatoms. The van der Waals surface area contributed by atoms with Crippen molar-refractivity contribution in [3.05, 3.63) is 77.4 Å². The maximum atomic E-state index is 14.1. The summed E-state index contributed by atoms with van der Waals surface area (Å²) in [6.45, 7) is 5.35. The average molecular weight is 1060 g/mol. The molecule has 1 spiro atoms. The van der Waals surface area contributed by atoms with Gasteiger partial charge >= 0.3 is 0 Å². The third-order valence-corrected chi connectivity index (χ3v) is 19.4. The summed E-state index contributed by atoms with van der Waals surface area (Å²) < 4.78 is 12.6. The van der Waals surface area contributed by atoms with Gasteiger partial charge < -0.3 is 24.5 Å². The normalized spacial score (nSPS) is 29.2. The van der Waals surface area contributed by atoms with Gasteiger partial charge in [0.25, 0.3) is 0 Å². The molecule has 8 atom stereocenters. The molecule has 5 fully saturated rings. The third-order valence-electron chi connectivity index (χ3n) is 18.2. The van der Waals surface area contributed by atoms with Crippen LogP contribution in [0.3, 0.4) is 0 Å². The molecule has 4 heterocycles. The van der Waals surface area contributed by atoms with Gasteiger partial charge in [-0.15, -0.1) is 0 Å². The molecule has 9 rings (SSSR count). The Hall–Kier alpha value is -4.52. The monoisotopic (exact) mass is 1060 g/mol. The van der Waals surface area contributed by atoms with Gasteiger partial charge in [-0.05, 0) is 129 Å². The first-order chi connectivity index (χ1) is 37.2. The van der Waals surface area contributed by atoms with E-state index in [9.17, 15) is 24.0 Å². The van der Waals surface area contributed by atoms with Crippen LogP contribution in [-0.4, -0.2) is 91.9 Å². The highest BCUT2D eigenvalue weighted by Gasteiger charge is 2.63. The second-order valence-electron chi connectivity index (χ2n) is 23.1. The lowest BCUT2D eigenvalue weighted by molar-refractivity contribution is -0.292. The number of likely N-dealkylation sites (tertiary alicyclic amines) is 1. The van der Waals surface area contributed by atoms with E-state index in [1.807, 2.05) is 67.5 Å². The molecule has 412 valence electrons. The number of allylic oxidation sites excluding steroid dienone is 2. The summed E-state index contributed by atoms with van der Waals surface area (Å²) in [4.78, 5) is 81.0. The van der Waals surface area contributed by atoms with Gasteiger partial charge in [-0.2, -0.15) is 0 Å². The van der Waals surface area contributed by atoms with E-state index < -0.39 is 0 Å². The van der Waals surface area contributed by atoms with E-state index in [-0.39, 0.29) is 116 Å². The smallest absolute Gasteiger partial charge is 0.233 e. The number of nitrogens with one attached hydrogen (secondary N) is 2. The van der Waals surface area contributed by atoms with Crippen LogP contribution in [-0.2, 0) is 49.2 Å². The first-order valence-corrected chi connectivity index (χ1v) is 30.1. The number of ether oxygens (including phenoxy) is 1. The minimum Gasteiger partial charge on any atom is -0.379 e. The van der Waals surface area contributed by atoms with E-state index in [0.717, 1.165) is 67.0 Å². The molecule has 5 amide bonds. The fourth-order valence-electron chi connectivity index (χ4n) is 13.9. The zero-order valence-corrected chi connectivity index (χ0v) is 46.0. The number of para-hydroxylation sites is 1. The maximum absolute atomic E-state index is 14.1. The van der Waals surface area contributed by atoms with Gasteiger partial charge in [0, 0.05) is 54.8 Å². The minimum absolute atomic E-state index is 0.0267. The predicted molar refractivity (Wildman–Crippen MR) is 295 cm³/mol. The zero-order chi connectivity index (χ0) is 52.7. The van der Waals surface area contributed by atoms with Gasteiger partial charge in [-0.25, -0.2) is 9.78 Å². The quantitative estimate of drug-likeness (QED) is 0.0249. The molecule has 7 aliphatic rings. The van der Waals surface area contributed by atoms with E-state index in [4.69, 9.17) is 18.7 Å². The molecule has 76 heavy (non-hydrogen) atoms. The van der Waals surface area contributed by atoms with E-state index in [1.54, 1.807) is 4.90 Å². The van der Waals surface area contributed by atoms with Gasteiger partial charge in [0.2, 0.25) is 29.5 Å². The third kappa shape index (κ3) is 14.2. The lowest BCUT2D eigenvalue weighted by Gasteiger charge is -2.35. The highest BCUT2D eigenvalue weighted by atomic mass is 32.2. The van der Waals surface area contributed by atoms with Gasteiger partial charge in [0.15, 0.2) is 0 Å². The molecule has 4 bridgehead atoms. The molecule has 4 aliphatic heterocycles. The number of hydrogen-bond donors (Lipinski definition) is 2. The summed E-state index contributed by atoms with van der Waals surface area (Å²) in [6.07, 6.45) is 27.9. The van der Waals surface area contributed by atoms with Gasteiger partial charge in [0.1, 0.15) is 0 Å². The van der Waals surface area contributed by atoms with Crippen molar-refractivity contribution in [3.8, 4) is 11.8 Å². The van der Waals surface area contributed by atoms with Crippen LogP contribution in [0.2, 0.25) is 0 Å². The van der Waals surface area contributed by atoms with Crippen molar-refractivity contribution in [3.63, 3.8) is 0 Å². The number of imide groups is 1. The van der Waals surface area contributed by atoms with E-state index in [1.165, 1.54) is 94.8 Å². The van der Waals surface area contributed by atoms with Crippen molar-refractivity contribution in [2.45, 2.75) is 159 Å². The van der Waals surface area contributed by atoms with Crippen LogP contribution in [0.25, 0.3) is 0 Å². The molecular formula is C62H84N4O9S.